The van der Waals surface area contributed by atoms with Gasteiger partial charge in [0.2, 0.25) is 5.91 Å². The fourth-order valence-corrected chi connectivity index (χ4v) is 5.09. The second kappa shape index (κ2) is 7.71. The second-order valence-electron chi connectivity index (χ2n) is 6.50. The quantitative estimate of drug-likeness (QED) is 0.869. The average molecular weight is 392 g/mol. The minimum atomic E-state index is -0.108. The van der Waals surface area contributed by atoms with E-state index in [0.29, 0.717) is 18.2 Å². The zero-order valence-electron chi connectivity index (χ0n) is 14.4. The number of piperidine rings is 1. The van der Waals surface area contributed by atoms with E-state index in [9.17, 15) is 9.59 Å². The smallest absolute Gasteiger partial charge is 0.323 e. The van der Waals surface area contributed by atoms with Gasteiger partial charge >= 0.3 is 6.03 Å². The number of nitrogens with zero attached hydrogens (tertiary/aromatic N) is 4. The predicted molar refractivity (Wildman–Crippen MR) is 102 cm³/mol. The molecule has 2 saturated heterocycles. The first-order chi connectivity index (χ1) is 12.7. The molecular weight excluding hydrogens is 370 g/mol. The van der Waals surface area contributed by atoms with Gasteiger partial charge < -0.3 is 10.2 Å². The molecule has 9 heteroatoms. The van der Waals surface area contributed by atoms with Crippen molar-refractivity contribution >= 4 is 39.7 Å². The molecule has 0 aliphatic carbocycles. The molecule has 1 unspecified atom stereocenters. The van der Waals surface area contributed by atoms with Crippen molar-refractivity contribution in [3.8, 4) is 0 Å². The van der Waals surface area contributed by atoms with Crippen molar-refractivity contribution in [1.82, 2.24) is 20.2 Å². The van der Waals surface area contributed by atoms with E-state index in [1.807, 2.05) is 15.7 Å². The molecule has 7 nitrogen and oxygen atoms in total. The van der Waals surface area contributed by atoms with Crippen molar-refractivity contribution in [1.29, 1.82) is 0 Å². The van der Waals surface area contributed by atoms with Gasteiger partial charge in [-0.3, -0.25) is 9.69 Å². The maximum Gasteiger partial charge on any atom is 0.323 e. The Hall–Kier alpha value is -2.00. The topological polar surface area (TPSA) is 78.4 Å². The summed E-state index contributed by atoms with van der Waals surface area (Å²) in [6, 6.07) is -0.0226. The van der Waals surface area contributed by atoms with Crippen molar-refractivity contribution < 1.29 is 9.59 Å². The molecule has 2 fully saturated rings. The number of rotatable bonds is 4. The fourth-order valence-electron chi connectivity index (χ4n) is 3.46. The number of hydrogen-bond acceptors (Lipinski definition) is 6. The van der Waals surface area contributed by atoms with Crippen molar-refractivity contribution in [2.24, 2.45) is 0 Å². The monoisotopic (exact) mass is 391 g/mol. The van der Waals surface area contributed by atoms with E-state index in [1.165, 1.54) is 11.3 Å². The molecule has 2 aromatic rings. The Balaban J connectivity index is 1.45. The predicted octanol–water partition coefficient (Wildman–Crippen LogP) is 2.82. The number of aromatic nitrogens is 2. The first kappa shape index (κ1) is 17.4. The summed E-state index contributed by atoms with van der Waals surface area (Å²) < 4.78 is 0. The largest absolute Gasteiger partial charge is 0.338 e. The molecular formula is C17H21N5O2S2. The van der Waals surface area contributed by atoms with Gasteiger partial charge in [0.1, 0.15) is 5.01 Å². The van der Waals surface area contributed by atoms with E-state index in [-0.39, 0.29) is 24.4 Å². The van der Waals surface area contributed by atoms with Gasteiger partial charge in [0.15, 0.2) is 5.13 Å². The maximum atomic E-state index is 12.9. The Labute approximate surface area is 160 Å². The number of hydrogen-bond donors (Lipinski definition) is 1. The molecule has 2 aromatic heterocycles. The number of amides is 3. The number of carbonyl (C=O) groups excluding carboxylic acids is 2. The highest BCUT2D eigenvalue weighted by atomic mass is 32.1. The molecule has 2 aliphatic heterocycles. The lowest BCUT2D eigenvalue weighted by Crippen LogP contribution is -2.46. The molecule has 0 aromatic carbocycles. The van der Waals surface area contributed by atoms with Crippen LogP contribution in [-0.4, -0.2) is 46.4 Å². The second-order valence-corrected chi connectivity index (χ2v) is 8.27. The summed E-state index contributed by atoms with van der Waals surface area (Å²) in [5.41, 5.74) is 0.733. The Bertz CT molecular complexity index is 776. The SMILES string of the molecule is O=C1NCCCN1c1nc(CC(=O)N2CCCCC2c2nccs2)cs1. The lowest BCUT2D eigenvalue weighted by Gasteiger charge is -2.34. The number of likely N-dealkylation sites (tertiary alicyclic amines) is 1. The molecule has 0 radical (unpaired) electrons. The molecule has 26 heavy (non-hydrogen) atoms. The van der Waals surface area contributed by atoms with Crippen molar-refractivity contribution in [2.75, 3.05) is 24.5 Å². The summed E-state index contributed by atoms with van der Waals surface area (Å²) in [6.45, 7) is 2.15. The van der Waals surface area contributed by atoms with Crippen LogP contribution in [-0.2, 0) is 11.2 Å². The first-order valence-electron chi connectivity index (χ1n) is 8.91. The van der Waals surface area contributed by atoms with Crippen LogP contribution >= 0.6 is 22.7 Å². The van der Waals surface area contributed by atoms with Crippen molar-refractivity contribution in [2.45, 2.75) is 38.1 Å². The van der Waals surface area contributed by atoms with Crippen LogP contribution in [0.2, 0.25) is 0 Å². The van der Waals surface area contributed by atoms with E-state index >= 15 is 0 Å². The number of thiazole rings is 2. The van der Waals surface area contributed by atoms with Crippen LogP contribution in [0.3, 0.4) is 0 Å². The van der Waals surface area contributed by atoms with Crippen LogP contribution in [0.4, 0.5) is 9.93 Å². The third-order valence-electron chi connectivity index (χ3n) is 4.74. The van der Waals surface area contributed by atoms with Gasteiger partial charge in [0, 0.05) is 36.6 Å². The highest BCUT2D eigenvalue weighted by Crippen LogP contribution is 2.32. The molecule has 1 atom stereocenters. The standard InChI is InChI=1S/C17H21N5O2S2/c23-14(21-7-2-1-4-13(21)15-18-6-9-25-15)10-12-11-26-17(20-12)22-8-3-5-19-16(22)24/h6,9,11,13H,1-5,7-8,10H2,(H,19,24). The van der Waals surface area contributed by atoms with E-state index in [2.05, 4.69) is 15.3 Å². The van der Waals surface area contributed by atoms with Gasteiger partial charge in [-0.05, 0) is 25.7 Å². The number of urea groups is 1. The number of nitrogens with one attached hydrogen (secondary N) is 1. The molecule has 0 spiro atoms. The van der Waals surface area contributed by atoms with Crippen LogP contribution < -0.4 is 10.2 Å². The van der Waals surface area contributed by atoms with Gasteiger partial charge in [-0.2, -0.15) is 0 Å². The van der Waals surface area contributed by atoms with Gasteiger partial charge in [-0.15, -0.1) is 22.7 Å². The van der Waals surface area contributed by atoms with Gasteiger partial charge in [0.05, 0.1) is 18.2 Å². The van der Waals surface area contributed by atoms with E-state index < -0.39 is 0 Å². The molecule has 1 N–H and O–H groups in total. The van der Waals surface area contributed by atoms with Gasteiger partial charge in [-0.1, -0.05) is 0 Å². The zero-order chi connectivity index (χ0) is 17.9. The minimum Gasteiger partial charge on any atom is -0.338 e. The van der Waals surface area contributed by atoms with Crippen LogP contribution in [0.5, 0.6) is 0 Å². The average Bonchev–Trinajstić information content (AvgIpc) is 3.34. The molecule has 2 aliphatic rings. The lowest BCUT2D eigenvalue weighted by molar-refractivity contribution is -0.134. The highest BCUT2D eigenvalue weighted by molar-refractivity contribution is 7.14. The molecule has 0 bridgehead atoms. The number of carbonyl (C=O) groups is 2. The first-order valence-corrected chi connectivity index (χ1v) is 10.7. The zero-order valence-corrected chi connectivity index (χ0v) is 16.0. The van der Waals surface area contributed by atoms with Gasteiger partial charge in [0.25, 0.3) is 0 Å². The third kappa shape index (κ3) is 3.59. The Kier molecular flexibility index (Phi) is 5.16. The molecule has 4 heterocycles. The summed E-state index contributed by atoms with van der Waals surface area (Å²) >= 11 is 3.03. The van der Waals surface area contributed by atoms with Crippen LogP contribution in [0.1, 0.15) is 42.4 Å². The Morgan fingerprint density at radius 1 is 1.27 bits per heavy atom. The van der Waals surface area contributed by atoms with E-state index in [1.54, 1.807) is 22.4 Å². The molecule has 3 amide bonds. The minimum absolute atomic E-state index is 0.0854. The van der Waals surface area contributed by atoms with Crippen LogP contribution in [0.15, 0.2) is 17.0 Å². The normalized spacial score (nSPS) is 20.9. The maximum absolute atomic E-state index is 12.9. The van der Waals surface area contributed by atoms with E-state index in [0.717, 1.165) is 42.9 Å². The molecule has 0 saturated carbocycles. The van der Waals surface area contributed by atoms with Crippen molar-refractivity contribution in [3.05, 3.63) is 27.7 Å². The summed E-state index contributed by atoms with van der Waals surface area (Å²) in [7, 11) is 0. The number of anilines is 1. The van der Waals surface area contributed by atoms with Crippen LogP contribution in [0, 0.1) is 0 Å². The summed E-state index contributed by atoms with van der Waals surface area (Å²) in [4.78, 5) is 37.4. The van der Waals surface area contributed by atoms with Crippen molar-refractivity contribution in [3.63, 3.8) is 0 Å². The lowest BCUT2D eigenvalue weighted by atomic mass is 10.0. The molecule has 4 rings (SSSR count). The Morgan fingerprint density at radius 3 is 3.00 bits per heavy atom. The summed E-state index contributed by atoms with van der Waals surface area (Å²) in [5.74, 6) is 0.0878. The summed E-state index contributed by atoms with van der Waals surface area (Å²) in [5, 5.41) is 8.36. The summed E-state index contributed by atoms with van der Waals surface area (Å²) in [6.07, 6.45) is 6.10. The third-order valence-corrected chi connectivity index (χ3v) is 6.53. The van der Waals surface area contributed by atoms with Gasteiger partial charge in [-0.25, -0.2) is 14.8 Å². The molecule has 138 valence electrons. The Morgan fingerprint density at radius 2 is 2.19 bits per heavy atom. The van der Waals surface area contributed by atoms with Crippen LogP contribution in [0.25, 0.3) is 0 Å². The highest BCUT2D eigenvalue weighted by Gasteiger charge is 2.30. The van der Waals surface area contributed by atoms with E-state index in [4.69, 9.17) is 0 Å². The fraction of sp³-hybridized carbons (Fsp3) is 0.529.